The Hall–Kier alpha value is -3.85. The van der Waals surface area contributed by atoms with Crippen LogP contribution in [0.3, 0.4) is 0 Å². The van der Waals surface area contributed by atoms with Gasteiger partial charge in [0, 0.05) is 75.6 Å². The number of amides is 4. The Morgan fingerprint density at radius 3 is 2.00 bits per heavy atom. The van der Waals surface area contributed by atoms with Crippen molar-refractivity contribution in [1.29, 1.82) is 5.41 Å². The van der Waals surface area contributed by atoms with E-state index in [1.54, 1.807) is 35.4 Å². The lowest BCUT2D eigenvalue weighted by Crippen LogP contribution is -2.51. The van der Waals surface area contributed by atoms with Gasteiger partial charge in [-0.3, -0.25) is 19.2 Å². The van der Waals surface area contributed by atoms with E-state index in [1.165, 1.54) is 42.4 Å². The van der Waals surface area contributed by atoms with E-state index in [-0.39, 0.29) is 35.2 Å². The van der Waals surface area contributed by atoms with Crippen LogP contribution in [0.1, 0.15) is 96.6 Å². The second-order valence-electron chi connectivity index (χ2n) is 15.0. The summed E-state index contributed by atoms with van der Waals surface area (Å²) in [6, 6.07) is 10.4. The van der Waals surface area contributed by atoms with E-state index in [1.807, 2.05) is 4.90 Å². The van der Waals surface area contributed by atoms with Crippen LogP contribution in [-0.4, -0.2) is 133 Å². The van der Waals surface area contributed by atoms with E-state index >= 15 is 0 Å². The van der Waals surface area contributed by atoms with Gasteiger partial charge >= 0.3 is 0 Å². The fourth-order valence-corrected chi connectivity index (χ4v) is 8.06. The summed E-state index contributed by atoms with van der Waals surface area (Å²) in [5, 5.41) is 8.34. The van der Waals surface area contributed by atoms with E-state index < -0.39 is 17.6 Å². The highest BCUT2D eigenvalue weighted by molar-refractivity contribution is 7.79. The minimum absolute atomic E-state index is 0.0713. The monoisotopic (exact) mass is 795 g/mol. The number of primary amides is 1. The third-order valence-electron chi connectivity index (χ3n) is 11.5. The quantitative estimate of drug-likeness (QED) is 0.149. The lowest BCUT2D eigenvalue weighted by Gasteiger charge is -2.38. The Morgan fingerprint density at radius 2 is 1.43 bits per heavy atom. The molecule has 0 spiro atoms. The van der Waals surface area contributed by atoms with Gasteiger partial charge in [-0.05, 0) is 81.0 Å². The van der Waals surface area contributed by atoms with Gasteiger partial charge in [0.2, 0.25) is 18.2 Å². The highest BCUT2D eigenvalue weighted by Crippen LogP contribution is 2.28. The average Bonchev–Trinajstić information content (AvgIpc) is 3.25. The van der Waals surface area contributed by atoms with Crippen LogP contribution in [0.4, 0.5) is 4.39 Å². The topological polar surface area (TPSA) is 166 Å². The van der Waals surface area contributed by atoms with E-state index in [2.05, 4.69) is 24.5 Å². The van der Waals surface area contributed by atoms with Crippen LogP contribution in [0, 0.1) is 17.1 Å². The number of piperidine rings is 2. The molecule has 0 radical (unpaired) electrons. The van der Waals surface area contributed by atoms with E-state index in [4.69, 9.17) is 21.6 Å². The summed E-state index contributed by atoms with van der Waals surface area (Å²) >= 11 is 3.53. The molecule has 1 atom stereocenters. The van der Waals surface area contributed by atoms with E-state index in [0.29, 0.717) is 55.4 Å². The molecular formula is C42H62FN7O5S. The van der Waals surface area contributed by atoms with Crippen molar-refractivity contribution in [2.45, 2.75) is 89.4 Å². The maximum Gasteiger partial charge on any atom is 0.256 e. The predicted octanol–water partition coefficient (Wildman–Crippen LogP) is 4.38. The summed E-state index contributed by atoms with van der Waals surface area (Å²) in [4.78, 5) is 55.4. The Morgan fingerprint density at radius 1 is 0.839 bits per heavy atom. The molecular weight excluding hydrogens is 734 g/mol. The molecule has 4 amide bonds. The SMILES string of the molecule is CCN1CCC(OC2CCN(C(=O)C(N)C3CCCCC3)CC2)CC1.CS.N=C(Cc1ccc(F)c(C(=O)N2CCN(C=O)CC2)c1)c1ccccc1C(N)=O. The van der Waals surface area contributed by atoms with Crippen molar-refractivity contribution in [2.24, 2.45) is 17.4 Å². The number of nitrogens with zero attached hydrogens (tertiary/aromatic N) is 4. The molecule has 0 aromatic heterocycles. The predicted molar refractivity (Wildman–Crippen MR) is 221 cm³/mol. The molecule has 2 aromatic rings. The molecule has 0 bridgehead atoms. The summed E-state index contributed by atoms with van der Waals surface area (Å²) in [6.07, 6.45) is 13.6. The molecule has 1 saturated carbocycles. The second-order valence-corrected chi connectivity index (χ2v) is 15.0. The summed E-state index contributed by atoms with van der Waals surface area (Å²) in [7, 11) is 0. The Kier molecular flexibility index (Phi) is 18.2. The number of rotatable bonds is 11. The molecule has 5 N–H and O–H groups in total. The number of thiol groups is 1. The third kappa shape index (κ3) is 12.6. The number of hydrogen-bond donors (Lipinski definition) is 4. The number of benzene rings is 2. The maximum absolute atomic E-state index is 14.3. The summed E-state index contributed by atoms with van der Waals surface area (Å²) in [5.41, 5.74) is 13.0. The summed E-state index contributed by atoms with van der Waals surface area (Å²) < 4.78 is 20.7. The molecule has 56 heavy (non-hydrogen) atoms. The molecule has 308 valence electrons. The number of halogens is 1. The number of ether oxygens (including phenoxy) is 1. The molecule has 1 aliphatic carbocycles. The zero-order chi connectivity index (χ0) is 40.6. The van der Waals surface area contributed by atoms with Crippen LogP contribution >= 0.6 is 12.6 Å². The van der Waals surface area contributed by atoms with Gasteiger partial charge in [-0.15, -0.1) is 0 Å². The lowest BCUT2D eigenvalue weighted by atomic mass is 9.83. The molecule has 12 nitrogen and oxygen atoms in total. The van der Waals surface area contributed by atoms with Gasteiger partial charge in [-0.2, -0.15) is 12.6 Å². The van der Waals surface area contributed by atoms with Gasteiger partial charge in [0.15, 0.2) is 0 Å². The van der Waals surface area contributed by atoms with E-state index in [9.17, 15) is 23.6 Å². The number of carbonyl (C=O) groups is 4. The lowest BCUT2D eigenvalue weighted by molar-refractivity contribution is -0.138. The highest BCUT2D eigenvalue weighted by atomic mass is 32.1. The van der Waals surface area contributed by atoms with Crippen molar-refractivity contribution in [2.75, 3.05) is 65.2 Å². The average molecular weight is 796 g/mol. The van der Waals surface area contributed by atoms with Gasteiger partial charge in [0.05, 0.1) is 23.8 Å². The zero-order valence-corrected chi connectivity index (χ0v) is 34.1. The van der Waals surface area contributed by atoms with Crippen LogP contribution in [0.2, 0.25) is 0 Å². The van der Waals surface area contributed by atoms with Gasteiger partial charge in [0.1, 0.15) is 5.82 Å². The highest BCUT2D eigenvalue weighted by Gasteiger charge is 2.33. The van der Waals surface area contributed by atoms with Gasteiger partial charge in [0.25, 0.3) is 5.91 Å². The van der Waals surface area contributed by atoms with Crippen molar-refractivity contribution >= 4 is 42.5 Å². The van der Waals surface area contributed by atoms with Crippen molar-refractivity contribution < 1.29 is 28.3 Å². The van der Waals surface area contributed by atoms with E-state index in [0.717, 1.165) is 77.7 Å². The van der Waals surface area contributed by atoms with Gasteiger partial charge < -0.3 is 41.2 Å². The Labute approximate surface area is 337 Å². The second kappa shape index (κ2) is 22.8. The van der Waals surface area contributed by atoms with Crippen LogP contribution in [-0.2, 0) is 20.7 Å². The van der Waals surface area contributed by atoms with Crippen molar-refractivity contribution in [3.05, 3.63) is 70.5 Å². The van der Waals surface area contributed by atoms with Crippen LogP contribution in [0.5, 0.6) is 0 Å². The first-order chi connectivity index (χ1) is 27.1. The Balaban J connectivity index is 0.000000240. The van der Waals surface area contributed by atoms with Gasteiger partial charge in [-0.1, -0.05) is 50.5 Å². The first-order valence-corrected chi connectivity index (χ1v) is 21.1. The molecule has 2 aromatic carbocycles. The molecule has 4 fully saturated rings. The van der Waals surface area contributed by atoms with Gasteiger partial charge in [-0.25, -0.2) is 4.39 Å². The number of hydrogen-bond acceptors (Lipinski definition) is 9. The molecule has 3 saturated heterocycles. The summed E-state index contributed by atoms with van der Waals surface area (Å²) in [6.45, 7) is 8.82. The third-order valence-corrected chi connectivity index (χ3v) is 11.5. The van der Waals surface area contributed by atoms with Crippen LogP contribution in [0.25, 0.3) is 0 Å². The summed E-state index contributed by atoms with van der Waals surface area (Å²) in [5.74, 6) is -1.13. The maximum atomic E-state index is 14.3. The normalized spacial score (nSPS) is 19.2. The minimum atomic E-state index is -0.638. The first kappa shape index (κ1) is 44.9. The molecule has 1 unspecified atom stereocenters. The minimum Gasteiger partial charge on any atom is -0.375 e. The largest absolute Gasteiger partial charge is 0.375 e. The number of likely N-dealkylation sites (tertiary alicyclic amines) is 2. The van der Waals surface area contributed by atoms with Crippen molar-refractivity contribution in [3.8, 4) is 0 Å². The standard InChI is InChI=1S/C21H21FN4O3.C20H37N3O2.CH4S/c22-18-6-5-14(12-19(23)15-3-1-2-4-16(15)20(24)28)11-17(18)21(29)26-9-7-25(13-27)8-10-26;1-2-22-12-8-17(9-13-22)25-18-10-14-23(15-11-18)20(24)19(21)16-6-4-3-5-7-16;1-2/h1-6,11,13,23H,7-10,12H2,(H2,24,28);16-19H,2-15,21H2,1H3;2H,1H3. The molecule has 4 aliphatic rings. The number of carbonyl (C=O) groups excluding carboxylic acids is 4. The van der Waals surface area contributed by atoms with Crippen LogP contribution < -0.4 is 11.5 Å². The van der Waals surface area contributed by atoms with Crippen LogP contribution in [0.15, 0.2) is 42.5 Å². The molecule has 3 heterocycles. The fraction of sp³-hybridized carbons (Fsp3) is 0.595. The van der Waals surface area contributed by atoms with Crippen molar-refractivity contribution in [1.82, 2.24) is 19.6 Å². The number of nitrogens with one attached hydrogen (secondary N) is 1. The number of nitrogens with two attached hydrogens (primary N) is 2. The number of piperazine rings is 1. The first-order valence-electron chi connectivity index (χ1n) is 20.2. The smallest absolute Gasteiger partial charge is 0.256 e. The molecule has 14 heteroatoms. The zero-order valence-electron chi connectivity index (χ0n) is 33.2. The van der Waals surface area contributed by atoms with Crippen molar-refractivity contribution in [3.63, 3.8) is 0 Å². The fourth-order valence-electron chi connectivity index (χ4n) is 8.06. The molecule has 6 rings (SSSR count). The molecule has 3 aliphatic heterocycles. The Bertz CT molecular complexity index is 1600.